The van der Waals surface area contributed by atoms with Gasteiger partial charge in [-0.15, -0.1) is 0 Å². The van der Waals surface area contributed by atoms with Crippen LogP contribution in [0, 0.1) is 0 Å². The lowest BCUT2D eigenvalue weighted by Crippen LogP contribution is -2.14. The lowest BCUT2D eigenvalue weighted by molar-refractivity contribution is 0.670. The summed E-state index contributed by atoms with van der Waals surface area (Å²) in [7, 11) is -0.690. The highest BCUT2D eigenvalue weighted by molar-refractivity contribution is 7.84. The van der Waals surface area contributed by atoms with Gasteiger partial charge in [0.25, 0.3) is 0 Å². The molecule has 2 nitrogen and oxygen atoms in total. The van der Waals surface area contributed by atoms with Gasteiger partial charge < -0.3 is 5.73 Å². The molecule has 2 atom stereocenters. The monoisotopic (exact) mass is 135 g/mol. The summed E-state index contributed by atoms with van der Waals surface area (Å²) >= 11 is 0. The SMILES string of the molecule is C[C@H](CCN)[S@@](C)=O. The second kappa shape index (κ2) is 4.04. The Bertz CT molecular complexity index is 84.5. The Morgan fingerprint density at radius 1 is 1.75 bits per heavy atom. The van der Waals surface area contributed by atoms with Crippen molar-refractivity contribution in [3.05, 3.63) is 0 Å². The van der Waals surface area contributed by atoms with Gasteiger partial charge in [0.2, 0.25) is 0 Å². The van der Waals surface area contributed by atoms with Crippen molar-refractivity contribution >= 4 is 10.8 Å². The molecule has 0 aromatic rings. The molecule has 3 heteroatoms. The van der Waals surface area contributed by atoms with E-state index in [1.54, 1.807) is 6.26 Å². The highest BCUT2D eigenvalue weighted by Gasteiger charge is 2.02. The minimum Gasteiger partial charge on any atom is -0.330 e. The molecule has 0 bridgehead atoms. The summed E-state index contributed by atoms with van der Waals surface area (Å²) in [5.41, 5.74) is 5.23. The van der Waals surface area contributed by atoms with E-state index < -0.39 is 10.8 Å². The lowest BCUT2D eigenvalue weighted by atomic mass is 10.3. The van der Waals surface area contributed by atoms with Crippen LogP contribution >= 0.6 is 0 Å². The zero-order chi connectivity index (χ0) is 6.57. The van der Waals surface area contributed by atoms with Crippen LogP contribution in [0.3, 0.4) is 0 Å². The smallest absolute Gasteiger partial charge is 0.0328 e. The van der Waals surface area contributed by atoms with Gasteiger partial charge in [0.05, 0.1) is 0 Å². The summed E-state index contributed by atoms with van der Waals surface area (Å²) in [6.07, 6.45) is 2.57. The van der Waals surface area contributed by atoms with Crippen molar-refractivity contribution in [2.24, 2.45) is 5.73 Å². The van der Waals surface area contributed by atoms with E-state index >= 15 is 0 Å². The maximum absolute atomic E-state index is 10.6. The van der Waals surface area contributed by atoms with Gasteiger partial charge in [-0.05, 0) is 13.0 Å². The van der Waals surface area contributed by atoms with E-state index in [2.05, 4.69) is 0 Å². The summed E-state index contributed by atoms with van der Waals surface area (Å²) < 4.78 is 10.6. The second-order valence-electron chi connectivity index (χ2n) is 1.89. The van der Waals surface area contributed by atoms with Crippen LogP contribution in [0.5, 0.6) is 0 Å². The highest BCUT2D eigenvalue weighted by Crippen LogP contribution is 1.95. The first-order valence-corrected chi connectivity index (χ1v) is 4.33. The molecule has 0 aliphatic carbocycles. The van der Waals surface area contributed by atoms with Crippen LogP contribution in [0.1, 0.15) is 13.3 Å². The first kappa shape index (κ1) is 8.11. The Morgan fingerprint density at radius 2 is 2.25 bits per heavy atom. The number of rotatable bonds is 3. The molecular formula is C5H13NOS. The fourth-order valence-electron chi connectivity index (χ4n) is 0.401. The van der Waals surface area contributed by atoms with E-state index in [4.69, 9.17) is 5.73 Å². The van der Waals surface area contributed by atoms with Crippen molar-refractivity contribution in [1.29, 1.82) is 0 Å². The van der Waals surface area contributed by atoms with Gasteiger partial charge in [-0.1, -0.05) is 6.92 Å². The predicted molar refractivity (Wildman–Crippen MR) is 37.2 cm³/mol. The van der Waals surface area contributed by atoms with Crippen LogP contribution in [-0.2, 0) is 10.8 Å². The average molecular weight is 135 g/mol. The fraction of sp³-hybridized carbons (Fsp3) is 1.00. The van der Waals surface area contributed by atoms with Crippen molar-refractivity contribution in [2.45, 2.75) is 18.6 Å². The maximum Gasteiger partial charge on any atom is 0.0328 e. The van der Waals surface area contributed by atoms with E-state index in [-0.39, 0.29) is 5.25 Å². The average Bonchev–Trinajstić information content (AvgIpc) is 1.67. The minimum atomic E-state index is -0.690. The molecule has 0 radical (unpaired) electrons. The Kier molecular flexibility index (Phi) is 4.09. The number of nitrogens with two attached hydrogens (primary N) is 1. The molecule has 50 valence electrons. The first-order chi connectivity index (χ1) is 3.68. The Hall–Kier alpha value is 0.110. The Morgan fingerprint density at radius 3 is 2.38 bits per heavy atom. The van der Waals surface area contributed by atoms with Crippen LogP contribution in [0.4, 0.5) is 0 Å². The van der Waals surface area contributed by atoms with Gasteiger partial charge in [0.15, 0.2) is 0 Å². The lowest BCUT2D eigenvalue weighted by Gasteiger charge is -2.03. The molecule has 8 heavy (non-hydrogen) atoms. The summed E-state index contributed by atoms with van der Waals surface area (Å²) in [5, 5.41) is 0.264. The maximum atomic E-state index is 10.6. The van der Waals surface area contributed by atoms with Crippen LogP contribution in [0.2, 0.25) is 0 Å². The van der Waals surface area contributed by atoms with Crippen LogP contribution in [0.25, 0.3) is 0 Å². The third-order valence-electron chi connectivity index (χ3n) is 1.14. The van der Waals surface area contributed by atoms with E-state index in [9.17, 15) is 4.21 Å². The molecule has 0 aromatic heterocycles. The summed E-state index contributed by atoms with van der Waals surface area (Å²) in [5.74, 6) is 0. The van der Waals surface area contributed by atoms with Crippen molar-refractivity contribution in [2.75, 3.05) is 12.8 Å². The van der Waals surface area contributed by atoms with Gasteiger partial charge in [-0.25, -0.2) is 0 Å². The van der Waals surface area contributed by atoms with Gasteiger partial charge in [0.1, 0.15) is 0 Å². The Balaban J connectivity index is 3.32. The van der Waals surface area contributed by atoms with Crippen LogP contribution in [-0.4, -0.2) is 22.3 Å². The van der Waals surface area contributed by atoms with Crippen LogP contribution < -0.4 is 5.73 Å². The predicted octanol–water partition coefficient (Wildman–Crippen LogP) is 0.102. The molecule has 0 aromatic carbocycles. The van der Waals surface area contributed by atoms with E-state index in [1.165, 1.54) is 0 Å². The fourth-order valence-corrected chi connectivity index (χ4v) is 0.869. The molecule has 0 spiro atoms. The minimum absolute atomic E-state index is 0.264. The van der Waals surface area contributed by atoms with Crippen molar-refractivity contribution in [3.63, 3.8) is 0 Å². The normalized spacial score (nSPS) is 17.9. The topological polar surface area (TPSA) is 43.1 Å². The zero-order valence-electron chi connectivity index (χ0n) is 5.39. The Labute approximate surface area is 52.9 Å². The van der Waals surface area contributed by atoms with Crippen molar-refractivity contribution in [1.82, 2.24) is 0 Å². The molecule has 2 N–H and O–H groups in total. The van der Waals surface area contributed by atoms with Crippen molar-refractivity contribution in [3.8, 4) is 0 Å². The summed E-state index contributed by atoms with van der Waals surface area (Å²) in [4.78, 5) is 0. The zero-order valence-corrected chi connectivity index (χ0v) is 6.20. The molecule has 0 fully saturated rings. The molecule has 0 rings (SSSR count). The van der Waals surface area contributed by atoms with Crippen molar-refractivity contribution < 1.29 is 4.21 Å². The standard InChI is InChI=1S/C5H13NOS/c1-5(3-4-6)8(2)7/h5H,3-4,6H2,1-2H3/t5-,8-/m1/s1. The highest BCUT2D eigenvalue weighted by atomic mass is 32.2. The molecule has 0 amide bonds. The molecule has 0 aliphatic heterocycles. The molecule has 0 unspecified atom stereocenters. The van der Waals surface area contributed by atoms with E-state index in [0.717, 1.165) is 6.42 Å². The first-order valence-electron chi connectivity index (χ1n) is 2.70. The van der Waals surface area contributed by atoms with Gasteiger partial charge in [0, 0.05) is 22.3 Å². The van der Waals surface area contributed by atoms with E-state index in [1.807, 2.05) is 6.92 Å². The van der Waals surface area contributed by atoms with Gasteiger partial charge in [-0.2, -0.15) is 0 Å². The van der Waals surface area contributed by atoms with Gasteiger partial charge in [-0.3, -0.25) is 4.21 Å². The quantitative estimate of drug-likeness (QED) is 0.596. The summed E-state index contributed by atoms with van der Waals surface area (Å²) in [6, 6.07) is 0. The van der Waals surface area contributed by atoms with Gasteiger partial charge >= 0.3 is 0 Å². The summed E-state index contributed by atoms with van der Waals surface area (Å²) in [6.45, 7) is 2.59. The molecule has 0 saturated carbocycles. The second-order valence-corrected chi connectivity index (χ2v) is 3.69. The third-order valence-corrected chi connectivity index (χ3v) is 2.51. The molecule has 0 aliphatic rings. The molecule has 0 heterocycles. The molecule has 0 saturated heterocycles. The molecular weight excluding hydrogens is 122 g/mol. The third kappa shape index (κ3) is 3.16. The largest absolute Gasteiger partial charge is 0.330 e. The number of hydrogen-bond donors (Lipinski definition) is 1. The van der Waals surface area contributed by atoms with E-state index in [0.29, 0.717) is 6.54 Å². The van der Waals surface area contributed by atoms with Crippen LogP contribution in [0.15, 0.2) is 0 Å². The number of hydrogen-bond acceptors (Lipinski definition) is 2.